The summed E-state index contributed by atoms with van der Waals surface area (Å²) < 4.78 is 1.65. The van der Waals surface area contributed by atoms with Gasteiger partial charge in [-0.1, -0.05) is 48.5 Å². The fraction of sp³-hybridized carbons (Fsp3) is 0.240. The number of hydrogen-bond donors (Lipinski definition) is 0. The van der Waals surface area contributed by atoms with E-state index in [0.29, 0.717) is 15.7 Å². The highest BCUT2D eigenvalue weighted by molar-refractivity contribution is 7.99. The van der Waals surface area contributed by atoms with Gasteiger partial charge in [-0.2, -0.15) is 0 Å². The Morgan fingerprint density at radius 1 is 1.15 bits per heavy atom. The molecule has 168 valence electrons. The van der Waals surface area contributed by atoms with Crippen LogP contribution in [0.3, 0.4) is 0 Å². The Morgan fingerprint density at radius 2 is 1.91 bits per heavy atom. The summed E-state index contributed by atoms with van der Waals surface area (Å²) in [4.78, 5) is 35.8. The van der Waals surface area contributed by atoms with Crippen LogP contribution >= 0.6 is 34.7 Å². The van der Waals surface area contributed by atoms with E-state index in [0.717, 1.165) is 47.5 Å². The summed E-state index contributed by atoms with van der Waals surface area (Å²) in [6.07, 6.45) is 0.858. The van der Waals surface area contributed by atoms with Crippen molar-refractivity contribution in [3.8, 4) is 5.69 Å². The van der Waals surface area contributed by atoms with Crippen molar-refractivity contribution < 1.29 is 4.79 Å². The molecule has 0 aliphatic carbocycles. The molecular weight excluding hydrogens is 474 g/mol. The van der Waals surface area contributed by atoms with Gasteiger partial charge in [0.2, 0.25) is 0 Å². The molecule has 1 aliphatic heterocycles. The number of thioether (sulfide) groups is 1. The third-order valence-corrected chi connectivity index (χ3v) is 8.18. The Bertz CT molecular complexity index is 1380. The molecule has 33 heavy (non-hydrogen) atoms. The summed E-state index contributed by atoms with van der Waals surface area (Å²) in [6.45, 7) is 4.95. The Hall–Kier alpha value is -2.45. The zero-order valence-corrected chi connectivity index (χ0v) is 20.5. The second-order valence-corrected chi connectivity index (χ2v) is 10.4. The van der Waals surface area contributed by atoms with Gasteiger partial charge in [0.05, 0.1) is 16.8 Å². The number of rotatable bonds is 6. The van der Waals surface area contributed by atoms with Crippen molar-refractivity contribution >= 4 is 50.7 Å². The number of aromatic nitrogens is 2. The van der Waals surface area contributed by atoms with E-state index < -0.39 is 0 Å². The Morgan fingerprint density at radius 3 is 2.64 bits per heavy atom. The molecule has 0 spiro atoms. The first-order valence-electron chi connectivity index (χ1n) is 10.8. The number of likely N-dealkylation sites (N-methyl/N-ethyl adjacent to an activating group) is 1. The van der Waals surface area contributed by atoms with Gasteiger partial charge in [-0.05, 0) is 54.9 Å². The Kier molecular flexibility index (Phi) is 6.38. The predicted octanol–water partition coefficient (Wildman–Crippen LogP) is 5.45. The van der Waals surface area contributed by atoms with Crippen LogP contribution in [0.5, 0.6) is 0 Å². The minimum atomic E-state index is -0.0601. The number of fused-ring (bicyclic) bond motifs is 3. The van der Waals surface area contributed by atoms with Gasteiger partial charge < -0.3 is 0 Å². The van der Waals surface area contributed by atoms with Crippen molar-refractivity contribution in [2.24, 2.45) is 0 Å². The van der Waals surface area contributed by atoms with Crippen molar-refractivity contribution in [3.05, 3.63) is 86.0 Å². The number of carbonyl (C=O) groups is 1. The van der Waals surface area contributed by atoms with Crippen LogP contribution < -0.4 is 5.56 Å². The maximum Gasteiger partial charge on any atom is 0.267 e. The zero-order valence-electron chi connectivity index (χ0n) is 18.1. The summed E-state index contributed by atoms with van der Waals surface area (Å²) in [7, 11) is 0. The summed E-state index contributed by atoms with van der Waals surface area (Å²) >= 11 is 8.84. The first kappa shape index (κ1) is 22.3. The molecule has 5 nitrogen and oxygen atoms in total. The third kappa shape index (κ3) is 4.38. The number of nitrogens with zero attached hydrogens (tertiary/aromatic N) is 3. The lowest BCUT2D eigenvalue weighted by Crippen LogP contribution is -2.30. The van der Waals surface area contributed by atoms with E-state index in [-0.39, 0.29) is 17.1 Å². The van der Waals surface area contributed by atoms with Crippen molar-refractivity contribution in [3.63, 3.8) is 0 Å². The molecule has 5 rings (SSSR count). The maximum atomic E-state index is 13.8. The number of ketones is 1. The molecule has 8 heteroatoms. The van der Waals surface area contributed by atoms with E-state index in [1.54, 1.807) is 40.2 Å². The summed E-state index contributed by atoms with van der Waals surface area (Å²) in [5.74, 6) is 0.149. The molecule has 2 aromatic heterocycles. The molecule has 0 saturated heterocycles. The summed E-state index contributed by atoms with van der Waals surface area (Å²) in [5, 5.41) is 1.85. The lowest BCUT2D eigenvalue weighted by Gasteiger charge is -2.25. The van der Waals surface area contributed by atoms with Crippen molar-refractivity contribution in [2.45, 2.75) is 25.0 Å². The van der Waals surface area contributed by atoms with Crippen LogP contribution in [0.1, 0.15) is 27.7 Å². The number of benzene rings is 2. The van der Waals surface area contributed by atoms with Crippen molar-refractivity contribution in [1.82, 2.24) is 14.5 Å². The second-order valence-electron chi connectivity index (χ2n) is 7.89. The maximum absolute atomic E-state index is 13.8. The molecule has 0 N–H and O–H groups in total. The van der Waals surface area contributed by atoms with Gasteiger partial charge in [-0.25, -0.2) is 4.98 Å². The molecular formula is C25H22ClN3O2S2. The van der Waals surface area contributed by atoms with Crippen LogP contribution in [0.15, 0.2) is 64.5 Å². The van der Waals surface area contributed by atoms with E-state index in [2.05, 4.69) is 11.8 Å². The van der Waals surface area contributed by atoms with Crippen LogP contribution in [-0.4, -0.2) is 39.1 Å². The number of para-hydroxylation sites is 1. The standard InChI is InChI=1S/C25H22ClN3O2S2/c1-2-28-13-12-19-21(14-28)33-23-22(19)24(31)29(18-6-4-3-5-7-18)25(27-23)32-15-20(30)16-8-10-17(26)11-9-16/h3-11H,2,12-15H2,1H3. The highest BCUT2D eigenvalue weighted by Gasteiger charge is 2.25. The van der Waals surface area contributed by atoms with Gasteiger partial charge in [0.25, 0.3) is 5.56 Å². The molecule has 2 aromatic carbocycles. The van der Waals surface area contributed by atoms with Crippen molar-refractivity contribution in [2.75, 3.05) is 18.8 Å². The van der Waals surface area contributed by atoms with Crippen molar-refractivity contribution in [1.29, 1.82) is 0 Å². The lowest BCUT2D eigenvalue weighted by molar-refractivity contribution is 0.102. The average Bonchev–Trinajstić information content (AvgIpc) is 3.21. The first-order chi connectivity index (χ1) is 16.0. The number of carbonyl (C=O) groups excluding carboxylic acids is 1. The number of Topliss-reactive ketones (excluding diaryl/α,β-unsaturated/α-hetero) is 1. The minimum absolute atomic E-state index is 0.0327. The van der Waals surface area contributed by atoms with Gasteiger partial charge in [0.1, 0.15) is 4.83 Å². The highest BCUT2D eigenvalue weighted by atomic mass is 35.5. The fourth-order valence-electron chi connectivity index (χ4n) is 4.10. The number of hydrogen-bond acceptors (Lipinski definition) is 6. The molecule has 0 fully saturated rings. The van der Waals surface area contributed by atoms with Gasteiger partial charge in [-0.15, -0.1) is 11.3 Å². The van der Waals surface area contributed by atoms with Gasteiger partial charge >= 0.3 is 0 Å². The number of halogens is 1. The molecule has 4 aromatic rings. The van der Waals surface area contributed by atoms with Crippen LogP contribution in [0, 0.1) is 0 Å². The zero-order chi connectivity index (χ0) is 22.9. The molecule has 0 atom stereocenters. The van der Waals surface area contributed by atoms with Crippen LogP contribution in [0.4, 0.5) is 0 Å². The van der Waals surface area contributed by atoms with Crippen LogP contribution in [-0.2, 0) is 13.0 Å². The third-order valence-electron chi connectivity index (χ3n) is 5.88. The van der Waals surface area contributed by atoms with E-state index in [9.17, 15) is 9.59 Å². The first-order valence-corrected chi connectivity index (χ1v) is 13.0. The fourth-order valence-corrected chi connectivity index (χ4v) is 6.43. The number of thiophene rings is 1. The smallest absolute Gasteiger partial charge is 0.267 e. The average molecular weight is 496 g/mol. The molecule has 0 unspecified atom stereocenters. The van der Waals surface area contributed by atoms with Crippen LogP contribution in [0.25, 0.3) is 15.9 Å². The Balaban J connectivity index is 1.57. The van der Waals surface area contributed by atoms with Gasteiger partial charge in [-0.3, -0.25) is 19.1 Å². The highest BCUT2D eigenvalue weighted by Crippen LogP contribution is 2.34. The minimum Gasteiger partial charge on any atom is -0.298 e. The normalized spacial score (nSPS) is 13.9. The summed E-state index contributed by atoms with van der Waals surface area (Å²) in [5.41, 5.74) is 2.42. The van der Waals surface area contributed by atoms with Gasteiger partial charge in [0.15, 0.2) is 10.9 Å². The molecule has 3 heterocycles. The van der Waals surface area contributed by atoms with E-state index >= 15 is 0 Å². The topological polar surface area (TPSA) is 55.2 Å². The van der Waals surface area contributed by atoms with E-state index in [1.165, 1.54) is 16.6 Å². The van der Waals surface area contributed by atoms with E-state index in [1.807, 2.05) is 30.3 Å². The molecule has 0 bridgehead atoms. The Labute approximate surface area is 205 Å². The molecule has 0 saturated carbocycles. The van der Waals surface area contributed by atoms with Gasteiger partial charge in [0, 0.05) is 28.6 Å². The molecule has 0 amide bonds. The largest absolute Gasteiger partial charge is 0.298 e. The second kappa shape index (κ2) is 9.43. The quantitative estimate of drug-likeness (QED) is 0.202. The monoisotopic (exact) mass is 495 g/mol. The lowest BCUT2D eigenvalue weighted by atomic mass is 10.1. The van der Waals surface area contributed by atoms with Crippen LogP contribution in [0.2, 0.25) is 5.02 Å². The summed E-state index contributed by atoms with van der Waals surface area (Å²) in [6, 6.07) is 16.4. The van der Waals surface area contributed by atoms with E-state index in [4.69, 9.17) is 16.6 Å². The predicted molar refractivity (Wildman–Crippen MR) is 136 cm³/mol. The molecule has 1 aliphatic rings. The molecule has 0 radical (unpaired) electrons. The SMILES string of the molecule is CCN1CCc2c(sc3nc(SCC(=O)c4ccc(Cl)cc4)n(-c4ccccc4)c(=O)c23)C1.